The molecule has 0 amide bonds. The number of carboxylic acid groups (broad SMARTS) is 1. The zero-order chi connectivity index (χ0) is 13.1. The predicted molar refractivity (Wildman–Crippen MR) is 70.2 cm³/mol. The van der Waals surface area contributed by atoms with Crippen molar-refractivity contribution in [3.8, 4) is 11.5 Å². The Bertz CT molecular complexity index is 471. The third kappa shape index (κ3) is 2.61. The van der Waals surface area contributed by atoms with E-state index in [1.54, 1.807) is 0 Å². The zero-order valence-corrected chi connectivity index (χ0v) is 11.7. The Labute approximate surface area is 114 Å². The molecule has 98 valence electrons. The predicted octanol–water partition coefficient (Wildman–Crippen LogP) is 3.15. The summed E-state index contributed by atoms with van der Waals surface area (Å²) < 4.78 is 11.8. The van der Waals surface area contributed by atoms with Gasteiger partial charge in [-0.05, 0) is 46.8 Å². The first-order chi connectivity index (χ1) is 8.63. The van der Waals surface area contributed by atoms with Crippen molar-refractivity contribution in [2.24, 2.45) is 0 Å². The van der Waals surface area contributed by atoms with Gasteiger partial charge < -0.3 is 14.6 Å². The second-order valence-corrected chi connectivity index (χ2v) is 5.02. The van der Waals surface area contributed by atoms with Gasteiger partial charge in [-0.3, -0.25) is 4.79 Å². The first-order valence-corrected chi connectivity index (χ1v) is 6.74. The molecule has 0 atom stereocenters. The molecule has 0 aliphatic carbocycles. The SMILES string of the molecule is CCc1c(CCCC(=O)O)cc(Br)c2c1OCO2. The summed E-state index contributed by atoms with van der Waals surface area (Å²) in [6.45, 7) is 2.31. The number of hydrogen-bond donors (Lipinski definition) is 1. The minimum Gasteiger partial charge on any atom is -0.481 e. The summed E-state index contributed by atoms with van der Waals surface area (Å²) in [7, 11) is 0. The van der Waals surface area contributed by atoms with Crippen LogP contribution in [0.4, 0.5) is 0 Å². The molecular formula is C13H15BrO4. The lowest BCUT2D eigenvalue weighted by atomic mass is 9.98. The van der Waals surface area contributed by atoms with E-state index in [1.807, 2.05) is 6.07 Å². The van der Waals surface area contributed by atoms with Crippen LogP contribution >= 0.6 is 15.9 Å². The molecule has 18 heavy (non-hydrogen) atoms. The second kappa shape index (κ2) is 5.61. The molecule has 0 bridgehead atoms. The number of carbonyl (C=O) groups is 1. The average Bonchev–Trinajstić information content (AvgIpc) is 2.78. The number of rotatable bonds is 5. The Hall–Kier alpha value is -1.23. The summed E-state index contributed by atoms with van der Waals surface area (Å²) in [5.74, 6) is 0.805. The van der Waals surface area contributed by atoms with Gasteiger partial charge in [-0.25, -0.2) is 0 Å². The topological polar surface area (TPSA) is 55.8 Å². The zero-order valence-electron chi connectivity index (χ0n) is 10.2. The number of halogens is 1. The molecule has 0 saturated heterocycles. The van der Waals surface area contributed by atoms with E-state index in [9.17, 15) is 4.79 Å². The molecule has 1 aromatic carbocycles. The molecule has 2 rings (SSSR count). The average molecular weight is 315 g/mol. The number of fused-ring (bicyclic) bond motifs is 1. The number of carboxylic acids is 1. The van der Waals surface area contributed by atoms with Crippen molar-refractivity contribution in [1.82, 2.24) is 0 Å². The third-order valence-corrected chi connectivity index (χ3v) is 3.57. The monoisotopic (exact) mass is 314 g/mol. The van der Waals surface area contributed by atoms with Gasteiger partial charge in [0.25, 0.3) is 0 Å². The van der Waals surface area contributed by atoms with Crippen LogP contribution < -0.4 is 9.47 Å². The number of ether oxygens (including phenoxy) is 2. The Morgan fingerprint density at radius 2 is 2.17 bits per heavy atom. The fourth-order valence-electron chi connectivity index (χ4n) is 2.17. The van der Waals surface area contributed by atoms with Crippen molar-refractivity contribution < 1.29 is 19.4 Å². The van der Waals surface area contributed by atoms with Gasteiger partial charge in [-0.15, -0.1) is 0 Å². The summed E-state index contributed by atoms with van der Waals surface area (Å²) in [4.78, 5) is 10.5. The molecule has 0 fully saturated rings. The van der Waals surface area contributed by atoms with E-state index in [2.05, 4.69) is 22.9 Å². The van der Waals surface area contributed by atoms with Crippen LogP contribution in [0.2, 0.25) is 0 Å². The molecule has 0 aromatic heterocycles. The highest BCUT2D eigenvalue weighted by Crippen LogP contribution is 2.44. The molecule has 0 radical (unpaired) electrons. The standard InChI is InChI=1S/C13H15BrO4/c1-2-9-8(4-3-5-11(15)16)6-10(14)13-12(9)17-7-18-13/h6H,2-5,7H2,1H3,(H,15,16). The molecule has 1 aliphatic heterocycles. The number of benzene rings is 1. The molecule has 0 unspecified atom stereocenters. The van der Waals surface area contributed by atoms with Gasteiger partial charge in [-0.2, -0.15) is 0 Å². The van der Waals surface area contributed by atoms with Crippen molar-refractivity contribution in [2.75, 3.05) is 6.79 Å². The molecule has 0 spiro atoms. The van der Waals surface area contributed by atoms with Gasteiger partial charge in [-0.1, -0.05) is 6.92 Å². The maximum atomic E-state index is 10.5. The van der Waals surface area contributed by atoms with Crippen molar-refractivity contribution >= 4 is 21.9 Å². The maximum absolute atomic E-state index is 10.5. The van der Waals surface area contributed by atoms with E-state index in [0.717, 1.165) is 39.9 Å². The van der Waals surface area contributed by atoms with Crippen molar-refractivity contribution in [3.05, 3.63) is 21.7 Å². The van der Waals surface area contributed by atoms with Crippen LogP contribution in [-0.2, 0) is 17.6 Å². The summed E-state index contributed by atoms with van der Waals surface area (Å²) >= 11 is 3.46. The summed E-state index contributed by atoms with van der Waals surface area (Å²) in [6, 6.07) is 2.01. The van der Waals surface area contributed by atoms with Crippen LogP contribution in [-0.4, -0.2) is 17.9 Å². The van der Waals surface area contributed by atoms with Crippen LogP contribution in [0.25, 0.3) is 0 Å². The highest BCUT2D eigenvalue weighted by Gasteiger charge is 2.23. The van der Waals surface area contributed by atoms with E-state index < -0.39 is 5.97 Å². The van der Waals surface area contributed by atoms with Crippen LogP contribution in [0.3, 0.4) is 0 Å². The lowest BCUT2D eigenvalue weighted by Gasteiger charge is -2.12. The van der Waals surface area contributed by atoms with Crippen LogP contribution in [0.1, 0.15) is 30.9 Å². The minimum absolute atomic E-state index is 0.190. The Balaban J connectivity index is 2.24. The number of aliphatic carboxylic acids is 1. The van der Waals surface area contributed by atoms with E-state index >= 15 is 0 Å². The molecule has 1 heterocycles. The highest BCUT2D eigenvalue weighted by atomic mass is 79.9. The number of aryl methyl sites for hydroxylation is 1. The fourth-order valence-corrected chi connectivity index (χ4v) is 2.74. The lowest BCUT2D eigenvalue weighted by Crippen LogP contribution is -2.00. The molecule has 5 heteroatoms. The quantitative estimate of drug-likeness (QED) is 0.907. The molecule has 1 aliphatic rings. The first kappa shape index (κ1) is 13.2. The fraction of sp³-hybridized carbons (Fsp3) is 0.462. The van der Waals surface area contributed by atoms with Gasteiger partial charge in [0.15, 0.2) is 11.5 Å². The second-order valence-electron chi connectivity index (χ2n) is 4.16. The van der Waals surface area contributed by atoms with E-state index in [1.165, 1.54) is 0 Å². The molecule has 0 saturated carbocycles. The van der Waals surface area contributed by atoms with Gasteiger partial charge >= 0.3 is 5.97 Å². The molecule has 1 N–H and O–H groups in total. The summed E-state index contributed by atoms with van der Waals surface area (Å²) in [5, 5.41) is 8.67. The van der Waals surface area contributed by atoms with Crippen LogP contribution in [0.15, 0.2) is 10.5 Å². The van der Waals surface area contributed by atoms with Crippen molar-refractivity contribution in [2.45, 2.75) is 32.6 Å². The third-order valence-electron chi connectivity index (χ3n) is 2.98. The number of hydrogen-bond acceptors (Lipinski definition) is 3. The van der Waals surface area contributed by atoms with Crippen LogP contribution in [0, 0.1) is 0 Å². The van der Waals surface area contributed by atoms with Crippen molar-refractivity contribution in [1.29, 1.82) is 0 Å². The van der Waals surface area contributed by atoms with E-state index in [-0.39, 0.29) is 13.2 Å². The van der Waals surface area contributed by atoms with E-state index in [4.69, 9.17) is 14.6 Å². The Kier molecular flexibility index (Phi) is 4.11. The Morgan fingerprint density at radius 1 is 1.44 bits per heavy atom. The van der Waals surface area contributed by atoms with Crippen LogP contribution in [0.5, 0.6) is 11.5 Å². The smallest absolute Gasteiger partial charge is 0.303 e. The molecular weight excluding hydrogens is 300 g/mol. The lowest BCUT2D eigenvalue weighted by molar-refractivity contribution is -0.137. The van der Waals surface area contributed by atoms with Gasteiger partial charge in [0, 0.05) is 12.0 Å². The Morgan fingerprint density at radius 3 is 2.83 bits per heavy atom. The first-order valence-electron chi connectivity index (χ1n) is 5.95. The largest absolute Gasteiger partial charge is 0.481 e. The highest BCUT2D eigenvalue weighted by molar-refractivity contribution is 9.10. The normalized spacial score (nSPS) is 12.8. The maximum Gasteiger partial charge on any atom is 0.303 e. The summed E-state index contributed by atoms with van der Waals surface area (Å²) in [6.07, 6.45) is 2.41. The molecule has 1 aromatic rings. The van der Waals surface area contributed by atoms with Gasteiger partial charge in [0.05, 0.1) is 4.47 Å². The van der Waals surface area contributed by atoms with Crippen molar-refractivity contribution in [3.63, 3.8) is 0 Å². The summed E-state index contributed by atoms with van der Waals surface area (Å²) in [5.41, 5.74) is 2.26. The van der Waals surface area contributed by atoms with Gasteiger partial charge in [0.2, 0.25) is 6.79 Å². The van der Waals surface area contributed by atoms with Gasteiger partial charge in [0.1, 0.15) is 0 Å². The molecule has 4 nitrogen and oxygen atoms in total. The van der Waals surface area contributed by atoms with E-state index in [0.29, 0.717) is 6.42 Å². The minimum atomic E-state index is -0.757.